The van der Waals surface area contributed by atoms with Gasteiger partial charge in [0.15, 0.2) is 0 Å². The highest BCUT2D eigenvalue weighted by molar-refractivity contribution is 9.09. The molecule has 0 bridgehead atoms. The molecule has 0 aromatic heterocycles. The van der Waals surface area contributed by atoms with Crippen molar-refractivity contribution in [1.82, 2.24) is 0 Å². The van der Waals surface area contributed by atoms with E-state index in [4.69, 9.17) is 4.74 Å². The molecule has 0 aliphatic heterocycles. The maximum Gasteiger partial charge on any atom is 0.122 e. The van der Waals surface area contributed by atoms with Crippen LogP contribution >= 0.6 is 15.9 Å². The van der Waals surface area contributed by atoms with Crippen LogP contribution in [0, 0.1) is 6.92 Å². The number of methoxy groups -OCH3 is 1. The predicted octanol–water partition coefficient (Wildman–Crippen LogP) is 3.89. The van der Waals surface area contributed by atoms with Crippen molar-refractivity contribution >= 4 is 15.9 Å². The Bertz CT molecular complexity index is 307. The van der Waals surface area contributed by atoms with E-state index in [9.17, 15) is 0 Å². The largest absolute Gasteiger partial charge is 0.496 e. The van der Waals surface area contributed by atoms with Gasteiger partial charge in [0.05, 0.1) is 7.11 Å². The van der Waals surface area contributed by atoms with E-state index in [2.05, 4.69) is 48.8 Å². The summed E-state index contributed by atoms with van der Waals surface area (Å²) in [5, 5.41) is 0. The molecule has 0 N–H and O–H groups in total. The molecule has 1 nitrogen and oxygen atoms in total. The van der Waals surface area contributed by atoms with E-state index >= 15 is 0 Å². The molecule has 1 aromatic rings. The number of hydrogen-bond acceptors (Lipinski definition) is 1. The maximum absolute atomic E-state index is 5.35. The second-order valence-electron chi connectivity index (χ2n) is 3.71. The van der Waals surface area contributed by atoms with E-state index in [0.717, 1.165) is 5.75 Å². The van der Waals surface area contributed by atoms with Crippen molar-refractivity contribution < 1.29 is 4.74 Å². The molecule has 0 heterocycles. The lowest BCUT2D eigenvalue weighted by molar-refractivity contribution is 0.406. The number of hydrogen-bond donors (Lipinski definition) is 0. The molecule has 0 saturated heterocycles. The highest BCUT2D eigenvalue weighted by atomic mass is 79.9. The molecule has 1 aromatic carbocycles. The Morgan fingerprint density at radius 1 is 1.29 bits per heavy atom. The van der Waals surface area contributed by atoms with Crippen LogP contribution in [0.2, 0.25) is 0 Å². The second-order valence-corrected chi connectivity index (χ2v) is 5.16. The first-order valence-corrected chi connectivity index (χ1v) is 5.76. The third-order valence-electron chi connectivity index (χ3n) is 2.56. The first-order chi connectivity index (χ1) is 6.56. The lowest BCUT2D eigenvalue weighted by atomic mass is 9.96. The van der Waals surface area contributed by atoms with Gasteiger partial charge in [-0.1, -0.05) is 47.5 Å². The molecule has 14 heavy (non-hydrogen) atoms. The van der Waals surface area contributed by atoms with E-state index in [1.807, 2.05) is 6.07 Å². The Labute approximate surface area is 94.6 Å². The van der Waals surface area contributed by atoms with Gasteiger partial charge in [0.1, 0.15) is 5.75 Å². The smallest absolute Gasteiger partial charge is 0.122 e. The van der Waals surface area contributed by atoms with Crippen LogP contribution in [0.3, 0.4) is 0 Å². The molecule has 0 amide bonds. The summed E-state index contributed by atoms with van der Waals surface area (Å²) in [6.45, 7) is 6.47. The van der Waals surface area contributed by atoms with Crippen LogP contribution in [-0.4, -0.2) is 11.9 Å². The Morgan fingerprint density at radius 2 is 1.93 bits per heavy atom. The standard InChI is InChI=1S/C12H17BrO/c1-8-5-6-12(14-4)11(7-8)9(2)10(3)13/h5-7,9-10H,1-4H3. The fourth-order valence-corrected chi connectivity index (χ4v) is 1.74. The topological polar surface area (TPSA) is 9.23 Å². The van der Waals surface area contributed by atoms with Crippen LogP contribution in [0.5, 0.6) is 5.75 Å². The van der Waals surface area contributed by atoms with Gasteiger partial charge in [-0.15, -0.1) is 0 Å². The summed E-state index contributed by atoms with van der Waals surface area (Å²) in [5.74, 6) is 1.44. The zero-order valence-corrected chi connectivity index (χ0v) is 10.8. The number of halogens is 1. The minimum absolute atomic E-state index is 0.457. The van der Waals surface area contributed by atoms with Crippen LogP contribution in [0.4, 0.5) is 0 Å². The Balaban J connectivity index is 3.10. The van der Waals surface area contributed by atoms with E-state index in [0.29, 0.717) is 10.7 Å². The van der Waals surface area contributed by atoms with Crippen LogP contribution in [0.25, 0.3) is 0 Å². The Morgan fingerprint density at radius 3 is 2.43 bits per heavy atom. The van der Waals surface area contributed by atoms with Crippen molar-refractivity contribution in [3.05, 3.63) is 29.3 Å². The lowest BCUT2D eigenvalue weighted by Crippen LogP contribution is -2.06. The molecule has 0 fully saturated rings. The molecule has 0 spiro atoms. The van der Waals surface area contributed by atoms with Crippen molar-refractivity contribution in [2.75, 3.05) is 7.11 Å². The van der Waals surface area contributed by atoms with E-state index < -0.39 is 0 Å². The van der Waals surface area contributed by atoms with Gasteiger partial charge in [0.25, 0.3) is 0 Å². The maximum atomic E-state index is 5.35. The van der Waals surface area contributed by atoms with E-state index in [-0.39, 0.29) is 0 Å². The molecule has 0 radical (unpaired) electrons. The highest BCUT2D eigenvalue weighted by Gasteiger charge is 2.15. The Kier molecular flexibility index (Phi) is 3.99. The van der Waals surface area contributed by atoms with Crippen molar-refractivity contribution in [3.8, 4) is 5.75 Å². The average Bonchev–Trinajstić information content (AvgIpc) is 2.16. The molecule has 2 unspecified atom stereocenters. The molecular formula is C12H17BrO. The molecular weight excluding hydrogens is 240 g/mol. The van der Waals surface area contributed by atoms with Gasteiger partial charge in [0.2, 0.25) is 0 Å². The zero-order valence-electron chi connectivity index (χ0n) is 9.17. The predicted molar refractivity (Wildman–Crippen MR) is 64.5 cm³/mol. The minimum Gasteiger partial charge on any atom is -0.496 e. The summed E-state index contributed by atoms with van der Waals surface area (Å²) in [4.78, 5) is 0.457. The van der Waals surface area contributed by atoms with Gasteiger partial charge in [0, 0.05) is 4.83 Å². The van der Waals surface area contributed by atoms with Crippen LogP contribution in [-0.2, 0) is 0 Å². The van der Waals surface area contributed by atoms with Crippen molar-refractivity contribution in [3.63, 3.8) is 0 Å². The van der Waals surface area contributed by atoms with Gasteiger partial charge in [-0.05, 0) is 24.5 Å². The fourth-order valence-electron chi connectivity index (χ4n) is 1.46. The van der Waals surface area contributed by atoms with Crippen molar-refractivity contribution in [2.45, 2.75) is 31.5 Å². The van der Waals surface area contributed by atoms with Gasteiger partial charge >= 0.3 is 0 Å². The number of aryl methyl sites for hydroxylation is 1. The molecule has 2 atom stereocenters. The fraction of sp³-hybridized carbons (Fsp3) is 0.500. The normalized spacial score (nSPS) is 14.9. The minimum atomic E-state index is 0.457. The molecule has 0 aliphatic carbocycles. The Hall–Kier alpha value is -0.500. The summed E-state index contributed by atoms with van der Waals surface area (Å²) in [6.07, 6.45) is 0. The van der Waals surface area contributed by atoms with E-state index in [1.165, 1.54) is 11.1 Å². The summed E-state index contributed by atoms with van der Waals surface area (Å²) >= 11 is 3.61. The molecule has 78 valence electrons. The zero-order chi connectivity index (χ0) is 10.7. The number of ether oxygens (including phenoxy) is 1. The van der Waals surface area contributed by atoms with Crippen molar-refractivity contribution in [2.24, 2.45) is 0 Å². The van der Waals surface area contributed by atoms with Crippen LogP contribution < -0.4 is 4.74 Å². The first-order valence-electron chi connectivity index (χ1n) is 4.85. The quantitative estimate of drug-likeness (QED) is 0.746. The highest BCUT2D eigenvalue weighted by Crippen LogP contribution is 2.32. The first kappa shape index (κ1) is 11.6. The molecule has 0 aliphatic rings. The third-order valence-corrected chi connectivity index (χ3v) is 3.36. The molecule has 2 heteroatoms. The van der Waals surface area contributed by atoms with Gasteiger partial charge in [-0.2, -0.15) is 0 Å². The van der Waals surface area contributed by atoms with Gasteiger partial charge < -0.3 is 4.74 Å². The lowest BCUT2D eigenvalue weighted by Gasteiger charge is -2.18. The molecule has 0 saturated carbocycles. The van der Waals surface area contributed by atoms with Crippen LogP contribution in [0.15, 0.2) is 18.2 Å². The SMILES string of the molecule is COc1ccc(C)cc1C(C)C(C)Br. The summed E-state index contributed by atoms with van der Waals surface area (Å²) in [6, 6.07) is 6.31. The number of alkyl halides is 1. The average molecular weight is 257 g/mol. The summed E-state index contributed by atoms with van der Waals surface area (Å²) in [5.41, 5.74) is 2.55. The summed E-state index contributed by atoms with van der Waals surface area (Å²) in [7, 11) is 1.72. The van der Waals surface area contributed by atoms with Gasteiger partial charge in [-0.3, -0.25) is 0 Å². The van der Waals surface area contributed by atoms with Gasteiger partial charge in [-0.25, -0.2) is 0 Å². The number of rotatable bonds is 3. The monoisotopic (exact) mass is 256 g/mol. The molecule has 1 rings (SSSR count). The van der Waals surface area contributed by atoms with Crippen LogP contribution in [0.1, 0.15) is 30.9 Å². The third kappa shape index (κ3) is 2.50. The number of benzene rings is 1. The summed E-state index contributed by atoms with van der Waals surface area (Å²) < 4.78 is 5.35. The van der Waals surface area contributed by atoms with Crippen molar-refractivity contribution in [1.29, 1.82) is 0 Å². The second kappa shape index (κ2) is 4.83. The van der Waals surface area contributed by atoms with E-state index in [1.54, 1.807) is 7.11 Å².